The van der Waals surface area contributed by atoms with Crippen LogP contribution in [0.15, 0.2) is 12.2 Å². The van der Waals surface area contributed by atoms with E-state index in [2.05, 4.69) is 5.32 Å². The molecular formula is C13H22N2O4. The van der Waals surface area contributed by atoms with Crippen LogP contribution >= 0.6 is 0 Å². The fourth-order valence-electron chi connectivity index (χ4n) is 2.22. The van der Waals surface area contributed by atoms with E-state index in [9.17, 15) is 9.59 Å². The van der Waals surface area contributed by atoms with Gasteiger partial charge in [-0.15, -0.1) is 0 Å². The maximum Gasteiger partial charge on any atom is 0.318 e. The van der Waals surface area contributed by atoms with Crippen molar-refractivity contribution < 1.29 is 19.4 Å². The number of carboxylic acids is 1. The van der Waals surface area contributed by atoms with E-state index in [1.165, 1.54) is 0 Å². The molecule has 2 amide bonds. The summed E-state index contributed by atoms with van der Waals surface area (Å²) < 4.78 is 5.04. The van der Waals surface area contributed by atoms with Crippen LogP contribution in [0.2, 0.25) is 0 Å². The second kappa shape index (κ2) is 7.13. The number of aliphatic carboxylic acids is 1. The number of carbonyl (C=O) groups is 2. The largest absolute Gasteiger partial charge is 0.481 e. The normalized spacial score (nSPS) is 23.1. The quantitative estimate of drug-likeness (QED) is 0.708. The first kappa shape index (κ1) is 15.5. The molecule has 1 aliphatic carbocycles. The predicted molar refractivity (Wildman–Crippen MR) is 70.9 cm³/mol. The van der Waals surface area contributed by atoms with Gasteiger partial charge >= 0.3 is 12.0 Å². The highest BCUT2D eigenvalue weighted by molar-refractivity contribution is 5.76. The fraction of sp³-hybridized carbons (Fsp3) is 0.692. The third kappa shape index (κ3) is 4.24. The van der Waals surface area contributed by atoms with Gasteiger partial charge in [0, 0.05) is 13.7 Å². The van der Waals surface area contributed by atoms with Gasteiger partial charge in [0.2, 0.25) is 0 Å². The van der Waals surface area contributed by atoms with E-state index in [-0.39, 0.29) is 18.1 Å². The van der Waals surface area contributed by atoms with E-state index in [1.54, 1.807) is 24.2 Å². The summed E-state index contributed by atoms with van der Waals surface area (Å²) in [6.07, 6.45) is 3.78. The Morgan fingerprint density at radius 2 is 2.21 bits per heavy atom. The number of amides is 2. The Kier molecular flexibility index (Phi) is 5.82. The van der Waals surface area contributed by atoms with E-state index >= 15 is 0 Å². The van der Waals surface area contributed by atoms with Crippen molar-refractivity contribution in [1.29, 1.82) is 0 Å². The number of nitrogens with one attached hydrogen (secondary N) is 1. The molecule has 0 spiro atoms. The molecule has 0 saturated heterocycles. The summed E-state index contributed by atoms with van der Waals surface area (Å²) >= 11 is 0. The Bertz CT molecular complexity index is 357. The van der Waals surface area contributed by atoms with Gasteiger partial charge < -0.3 is 20.1 Å². The zero-order valence-electron chi connectivity index (χ0n) is 11.6. The molecule has 2 N–H and O–H groups in total. The molecule has 0 radical (unpaired) electrons. The summed E-state index contributed by atoms with van der Waals surface area (Å²) in [6, 6.07) is -0.416. The molecule has 3 atom stereocenters. The van der Waals surface area contributed by atoms with Crippen LogP contribution in [0.25, 0.3) is 0 Å². The minimum atomic E-state index is -0.854. The highest BCUT2D eigenvalue weighted by atomic mass is 16.5. The molecular weight excluding hydrogens is 248 g/mol. The Labute approximate surface area is 113 Å². The number of nitrogens with zero attached hydrogens (tertiary/aromatic N) is 1. The van der Waals surface area contributed by atoms with E-state index in [1.807, 2.05) is 13.8 Å². The van der Waals surface area contributed by atoms with Crippen molar-refractivity contribution in [3.8, 4) is 0 Å². The van der Waals surface area contributed by atoms with Gasteiger partial charge in [-0.25, -0.2) is 4.79 Å². The molecule has 3 unspecified atom stereocenters. The SMILES string of the molecule is CCN(C(=O)NC1C=CC(C(=O)O)C1)C(C)COC. The molecule has 1 aliphatic rings. The molecule has 6 heteroatoms. The predicted octanol–water partition coefficient (Wildman–Crippen LogP) is 1.08. The van der Waals surface area contributed by atoms with Gasteiger partial charge in [0.25, 0.3) is 0 Å². The number of methoxy groups -OCH3 is 1. The molecule has 0 aromatic carbocycles. The Morgan fingerprint density at radius 1 is 1.53 bits per heavy atom. The molecule has 0 saturated carbocycles. The minimum Gasteiger partial charge on any atom is -0.481 e. The number of carbonyl (C=O) groups excluding carboxylic acids is 1. The highest BCUT2D eigenvalue weighted by Crippen LogP contribution is 2.18. The van der Waals surface area contributed by atoms with Gasteiger partial charge in [0.1, 0.15) is 0 Å². The summed E-state index contributed by atoms with van der Waals surface area (Å²) in [4.78, 5) is 24.6. The van der Waals surface area contributed by atoms with Gasteiger partial charge in [-0.05, 0) is 20.3 Å². The smallest absolute Gasteiger partial charge is 0.318 e. The van der Waals surface area contributed by atoms with Crippen LogP contribution in [0, 0.1) is 5.92 Å². The van der Waals surface area contributed by atoms with Gasteiger partial charge in [-0.3, -0.25) is 4.79 Å². The zero-order valence-corrected chi connectivity index (χ0v) is 11.6. The number of carboxylic acid groups (broad SMARTS) is 1. The molecule has 6 nitrogen and oxygen atoms in total. The summed E-state index contributed by atoms with van der Waals surface area (Å²) in [5.41, 5.74) is 0. The van der Waals surface area contributed by atoms with Crippen LogP contribution in [0.3, 0.4) is 0 Å². The summed E-state index contributed by atoms with van der Waals surface area (Å²) in [5.74, 6) is -1.36. The fourth-order valence-corrected chi connectivity index (χ4v) is 2.22. The third-order valence-electron chi connectivity index (χ3n) is 3.25. The second-order valence-electron chi connectivity index (χ2n) is 4.71. The van der Waals surface area contributed by atoms with Crippen molar-refractivity contribution in [2.75, 3.05) is 20.3 Å². The van der Waals surface area contributed by atoms with Crippen LogP contribution in [0.5, 0.6) is 0 Å². The first-order valence-corrected chi connectivity index (χ1v) is 6.46. The molecule has 0 aliphatic heterocycles. The van der Waals surface area contributed by atoms with Gasteiger partial charge in [-0.1, -0.05) is 12.2 Å². The van der Waals surface area contributed by atoms with E-state index in [0.717, 1.165) is 0 Å². The number of hydrogen-bond acceptors (Lipinski definition) is 3. The molecule has 1 rings (SSSR count). The van der Waals surface area contributed by atoms with Crippen molar-refractivity contribution in [2.45, 2.75) is 32.4 Å². The van der Waals surface area contributed by atoms with Crippen molar-refractivity contribution in [1.82, 2.24) is 10.2 Å². The van der Waals surface area contributed by atoms with E-state index in [4.69, 9.17) is 9.84 Å². The van der Waals surface area contributed by atoms with Crippen LogP contribution in [-0.2, 0) is 9.53 Å². The third-order valence-corrected chi connectivity index (χ3v) is 3.25. The monoisotopic (exact) mass is 270 g/mol. The highest BCUT2D eigenvalue weighted by Gasteiger charge is 2.27. The molecule has 0 aromatic rings. The summed E-state index contributed by atoms with van der Waals surface area (Å²) in [6.45, 7) is 4.86. The van der Waals surface area contributed by atoms with Gasteiger partial charge in [0.15, 0.2) is 0 Å². The maximum atomic E-state index is 12.1. The van der Waals surface area contributed by atoms with Crippen molar-refractivity contribution >= 4 is 12.0 Å². The average molecular weight is 270 g/mol. The van der Waals surface area contributed by atoms with Crippen LogP contribution in [0.1, 0.15) is 20.3 Å². The maximum absolute atomic E-state index is 12.1. The number of hydrogen-bond donors (Lipinski definition) is 2. The lowest BCUT2D eigenvalue weighted by molar-refractivity contribution is -0.140. The number of ether oxygens (including phenoxy) is 1. The van der Waals surface area contributed by atoms with Crippen molar-refractivity contribution in [3.63, 3.8) is 0 Å². The standard InChI is InChI=1S/C13H22N2O4/c1-4-15(9(2)8-19-3)13(18)14-11-6-5-10(7-11)12(16)17/h5-6,9-11H,4,7-8H2,1-3H3,(H,14,18)(H,16,17). The number of urea groups is 1. The zero-order chi connectivity index (χ0) is 14.4. The number of rotatable bonds is 6. The molecule has 0 heterocycles. The Hall–Kier alpha value is -1.56. The van der Waals surface area contributed by atoms with E-state index < -0.39 is 11.9 Å². The molecule has 0 bridgehead atoms. The minimum absolute atomic E-state index is 0.0179. The topological polar surface area (TPSA) is 78.9 Å². The lowest BCUT2D eigenvalue weighted by Gasteiger charge is -2.29. The average Bonchev–Trinajstić information content (AvgIpc) is 2.78. The summed E-state index contributed by atoms with van der Waals surface area (Å²) in [7, 11) is 1.60. The van der Waals surface area contributed by atoms with Crippen LogP contribution in [-0.4, -0.2) is 54.4 Å². The molecule has 19 heavy (non-hydrogen) atoms. The van der Waals surface area contributed by atoms with Gasteiger partial charge in [0.05, 0.1) is 24.6 Å². The van der Waals surface area contributed by atoms with Gasteiger partial charge in [-0.2, -0.15) is 0 Å². The van der Waals surface area contributed by atoms with Crippen LogP contribution < -0.4 is 5.32 Å². The van der Waals surface area contributed by atoms with Crippen molar-refractivity contribution in [3.05, 3.63) is 12.2 Å². The Morgan fingerprint density at radius 3 is 2.68 bits per heavy atom. The first-order chi connectivity index (χ1) is 8.99. The van der Waals surface area contributed by atoms with Crippen molar-refractivity contribution in [2.24, 2.45) is 5.92 Å². The first-order valence-electron chi connectivity index (χ1n) is 6.46. The van der Waals surface area contributed by atoms with Crippen LogP contribution in [0.4, 0.5) is 4.79 Å². The molecule has 0 fully saturated rings. The summed E-state index contributed by atoms with van der Waals surface area (Å²) in [5, 5.41) is 11.7. The number of likely N-dealkylation sites (N-methyl/N-ethyl adjacent to an activating group) is 1. The lowest BCUT2D eigenvalue weighted by atomic mass is 10.1. The second-order valence-corrected chi connectivity index (χ2v) is 4.71. The lowest BCUT2D eigenvalue weighted by Crippen LogP contribution is -2.49. The molecule has 0 aromatic heterocycles. The molecule has 108 valence electrons. The Balaban J connectivity index is 2.50. The van der Waals surface area contributed by atoms with E-state index in [0.29, 0.717) is 19.6 Å².